The molecule has 1 amide bonds. The number of carbonyl (C=O) groups is 1. The molecule has 1 saturated heterocycles. The van der Waals surface area contributed by atoms with Gasteiger partial charge >= 0.3 is 0 Å². The molecule has 4 nitrogen and oxygen atoms in total. The first kappa shape index (κ1) is 10.4. The van der Waals surface area contributed by atoms with Crippen LogP contribution in [0.25, 0.3) is 10.9 Å². The van der Waals surface area contributed by atoms with Crippen LogP contribution in [-0.2, 0) is 0 Å². The average Bonchev–Trinajstić information content (AvgIpc) is 2.93. The molecule has 4 heteroatoms. The fraction of sp³-hybridized carbons (Fsp3) is 0.308. The predicted octanol–water partition coefficient (Wildman–Crippen LogP) is 1.34. The van der Waals surface area contributed by atoms with E-state index in [4.69, 9.17) is 5.73 Å². The predicted molar refractivity (Wildman–Crippen MR) is 66.8 cm³/mol. The first-order chi connectivity index (χ1) is 8.24. The van der Waals surface area contributed by atoms with Crippen LogP contribution in [-0.4, -0.2) is 34.9 Å². The number of fused-ring (bicyclic) bond motifs is 1. The number of nitrogens with one attached hydrogen (secondary N) is 1. The number of carbonyl (C=O) groups excluding carboxylic acids is 1. The lowest BCUT2D eigenvalue weighted by molar-refractivity contribution is 0.0786. The van der Waals surface area contributed by atoms with E-state index in [1.54, 1.807) is 0 Å². The van der Waals surface area contributed by atoms with Gasteiger partial charge in [0, 0.05) is 30.0 Å². The summed E-state index contributed by atoms with van der Waals surface area (Å²) in [6.45, 7) is 1.42. The molecule has 2 heterocycles. The van der Waals surface area contributed by atoms with Gasteiger partial charge in [-0.15, -0.1) is 0 Å². The highest BCUT2D eigenvalue weighted by Crippen LogP contribution is 2.17. The van der Waals surface area contributed by atoms with E-state index in [0.717, 1.165) is 23.9 Å². The minimum Gasteiger partial charge on any atom is -0.351 e. The highest BCUT2D eigenvalue weighted by Gasteiger charge is 2.25. The summed E-state index contributed by atoms with van der Waals surface area (Å²) >= 11 is 0. The first-order valence-corrected chi connectivity index (χ1v) is 5.86. The molecule has 0 radical (unpaired) electrons. The van der Waals surface area contributed by atoms with Gasteiger partial charge in [-0.3, -0.25) is 4.79 Å². The fourth-order valence-electron chi connectivity index (χ4n) is 2.33. The maximum atomic E-state index is 12.2. The van der Waals surface area contributed by atoms with Gasteiger partial charge in [0.1, 0.15) is 5.69 Å². The number of aromatic amines is 1. The Balaban J connectivity index is 1.90. The monoisotopic (exact) mass is 229 g/mol. The molecule has 1 aromatic heterocycles. The summed E-state index contributed by atoms with van der Waals surface area (Å²) in [7, 11) is 0. The number of rotatable bonds is 1. The summed E-state index contributed by atoms with van der Waals surface area (Å²) in [4.78, 5) is 17.2. The Kier molecular flexibility index (Phi) is 2.37. The van der Waals surface area contributed by atoms with Crippen LogP contribution >= 0.6 is 0 Å². The first-order valence-electron chi connectivity index (χ1n) is 5.86. The zero-order valence-corrected chi connectivity index (χ0v) is 9.52. The second-order valence-corrected chi connectivity index (χ2v) is 4.57. The van der Waals surface area contributed by atoms with Gasteiger partial charge in [0.05, 0.1) is 0 Å². The Morgan fingerprint density at radius 3 is 2.94 bits per heavy atom. The van der Waals surface area contributed by atoms with Crippen molar-refractivity contribution in [2.75, 3.05) is 13.1 Å². The Morgan fingerprint density at radius 2 is 2.24 bits per heavy atom. The van der Waals surface area contributed by atoms with Gasteiger partial charge in [0.15, 0.2) is 0 Å². The van der Waals surface area contributed by atoms with E-state index in [1.165, 1.54) is 0 Å². The van der Waals surface area contributed by atoms with Gasteiger partial charge < -0.3 is 15.6 Å². The molecule has 2 aromatic rings. The van der Waals surface area contributed by atoms with Crippen molar-refractivity contribution in [2.45, 2.75) is 12.5 Å². The van der Waals surface area contributed by atoms with Gasteiger partial charge in [-0.25, -0.2) is 0 Å². The van der Waals surface area contributed by atoms with E-state index in [1.807, 2.05) is 35.2 Å². The minimum absolute atomic E-state index is 0.0501. The van der Waals surface area contributed by atoms with Crippen LogP contribution < -0.4 is 5.73 Å². The molecule has 1 aliphatic heterocycles. The zero-order valence-electron chi connectivity index (χ0n) is 9.52. The Labute approximate surface area is 99.4 Å². The van der Waals surface area contributed by atoms with E-state index in [0.29, 0.717) is 12.2 Å². The molecule has 88 valence electrons. The van der Waals surface area contributed by atoms with Crippen LogP contribution in [0.4, 0.5) is 0 Å². The summed E-state index contributed by atoms with van der Waals surface area (Å²) in [5.74, 6) is 0.0501. The van der Waals surface area contributed by atoms with Crippen LogP contribution in [0.2, 0.25) is 0 Å². The third-order valence-electron chi connectivity index (χ3n) is 3.27. The molecular formula is C13H15N3O. The number of H-pyrrole nitrogens is 1. The molecule has 0 spiro atoms. The van der Waals surface area contributed by atoms with E-state index in [-0.39, 0.29) is 11.9 Å². The number of nitrogens with zero attached hydrogens (tertiary/aromatic N) is 1. The van der Waals surface area contributed by atoms with E-state index >= 15 is 0 Å². The van der Waals surface area contributed by atoms with Crippen LogP contribution in [0.15, 0.2) is 30.3 Å². The van der Waals surface area contributed by atoms with Crippen molar-refractivity contribution in [2.24, 2.45) is 5.73 Å². The Morgan fingerprint density at radius 1 is 1.41 bits per heavy atom. The summed E-state index contributed by atoms with van der Waals surface area (Å²) in [6, 6.07) is 9.93. The maximum Gasteiger partial charge on any atom is 0.270 e. The quantitative estimate of drug-likeness (QED) is 0.775. The van der Waals surface area contributed by atoms with Crippen molar-refractivity contribution < 1.29 is 4.79 Å². The minimum atomic E-state index is 0.0501. The third kappa shape index (κ3) is 1.80. The van der Waals surface area contributed by atoms with Crippen LogP contribution in [0, 0.1) is 0 Å². The molecular weight excluding hydrogens is 214 g/mol. The SMILES string of the molecule is N[C@H]1CCN(C(=O)c2cc3ccccc3[nH]2)C1. The normalized spacial score (nSPS) is 20.1. The lowest BCUT2D eigenvalue weighted by Crippen LogP contribution is -2.32. The smallest absolute Gasteiger partial charge is 0.270 e. The van der Waals surface area contributed by atoms with Gasteiger partial charge in [-0.2, -0.15) is 0 Å². The molecule has 1 atom stereocenters. The van der Waals surface area contributed by atoms with E-state index < -0.39 is 0 Å². The summed E-state index contributed by atoms with van der Waals surface area (Å²) < 4.78 is 0. The standard InChI is InChI=1S/C13H15N3O/c14-10-5-6-16(8-10)13(17)12-7-9-3-1-2-4-11(9)15-12/h1-4,7,10,15H,5-6,8,14H2/t10-/m0/s1. The van der Waals surface area contributed by atoms with E-state index in [9.17, 15) is 4.79 Å². The van der Waals surface area contributed by atoms with Crippen molar-refractivity contribution in [1.29, 1.82) is 0 Å². The summed E-state index contributed by atoms with van der Waals surface area (Å²) in [6.07, 6.45) is 0.895. The number of likely N-dealkylation sites (tertiary alicyclic amines) is 1. The molecule has 0 aliphatic carbocycles. The highest BCUT2D eigenvalue weighted by atomic mass is 16.2. The number of hydrogen-bond donors (Lipinski definition) is 2. The maximum absolute atomic E-state index is 12.2. The lowest BCUT2D eigenvalue weighted by Gasteiger charge is -2.14. The largest absolute Gasteiger partial charge is 0.351 e. The number of hydrogen-bond acceptors (Lipinski definition) is 2. The zero-order chi connectivity index (χ0) is 11.8. The topological polar surface area (TPSA) is 62.1 Å². The van der Waals surface area contributed by atoms with Crippen LogP contribution in [0.3, 0.4) is 0 Å². The average molecular weight is 229 g/mol. The Hall–Kier alpha value is -1.81. The highest BCUT2D eigenvalue weighted by molar-refractivity contribution is 5.98. The summed E-state index contributed by atoms with van der Waals surface area (Å²) in [5, 5.41) is 1.07. The summed E-state index contributed by atoms with van der Waals surface area (Å²) in [5.41, 5.74) is 7.46. The molecule has 3 rings (SSSR count). The second kappa shape index (κ2) is 3.89. The molecule has 17 heavy (non-hydrogen) atoms. The van der Waals surface area contributed by atoms with Crippen molar-refractivity contribution >= 4 is 16.8 Å². The molecule has 0 unspecified atom stereocenters. The van der Waals surface area contributed by atoms with Crippen molar-refractivity contribution in [3.05, 3.63) is 36.0 Å². The van der Waals surface area contributed by atoms with Crippen molar-refractivity contribution in [3.8, 4) is 0 Å². The number of nitrogens with two attached hydrogens (primary N) is 1. The lowest BCUT2D eigenvalue weighted by atomic mass is 10.2. The van der Waals surface area contributed by atoms with Crippen molar-refractivity contribution in [1.82, 2.24) is 9.88 Å². The molecule has 1 aliphatic rings. The molecule has 1 aromatic carbocycles. The van der Waals surface area contributed by atoms with E-state index in [2.05, 4.69) is 4.98 Å². The third-order valence-corrected chi connectivity index (χ3v) is 3.27. The van der Waals surface area contributed by atoms with Crippen molar-refractivity contribution in [3.63, 3.8) is 0 Å². The Bertz CT molecular complexity index is 528. The van der Waals surface area contributed by atoms with Crippen LogP contribution in [0.5, 0.6) is 0 Å². The fourth-order valence-corrected chi connectivity index (χ4v) is 2.33. The van der Waals surface area contributed by atoms with Crippen LogP contribution in [0.1, 0.15) is 16.9 Å². The van der Waals surface area contributed by atoms with Gasteiger partial charge in [0.25, 0.3) is 5.91 Å². The number of para-hydroxylation sites is 1. The number of aromatic nitrogens is 1. The van der Waals surface area contributed by atoms with Gasteiger partial charge in [-0.1, -0.05) is 18.2 Å². The number of amides is 1. The molecule has 0 bridgehead atoms. The van der Waals surface area contributed by atoms with Gasteiger partial charge in [-0.05, 0) is 18.6 Å². The second-order valence-electron chi connectivity index (χ2n) is 4.57. The van der Waals surface area contributed by atoms with Gasteiger partial charge in [0.2, 0.25) is 0 Å². The molecule has 3 N–H and O–H groups in total. The number of benzene rings is 1. The molecule has 0 saturated carbocycles. The molecule has 1 fully saturated rings.